The van der Waals surface area contributed by atoms with Gasteiger partial charge in [0, 0.05) is 17.5 Å². The third-order valence-corrected chi connectivity index (χ3v) is 6.72. The van der Waals surface area contributed by atoms with Crippen molar-refractivity contribution >= 4 is 17.3 Å². The Bertz CT molecular complexity index is 679. The third kappa shape index (κ3) is 16.3. The van der Waals surface area contributed by atoms with Crippen LogP contribution in [0.5, 0.6) is 5.75 Å². The second-order valence-corrected chi connectivity index (χ2v) is 10.1. The van der Waals surface area contributed by atoms with E-state index >= 15 is 0 Å². The molecule has 0 saturated carbocycles. The molecule has 0 bridgehead atoms. The summed E-state index contributed by atoms with van der Waals surface area (Å²) in [5.41, 5.74) is 10.0. The number of hydrogen-bond donors (Lipinski definition) is 3. The molecule has 0 radical (unpaired) electrons. The Morgan fingerprint density at radius 3 is 1.60 bits per heavy atom. The number of nitrogen functional groups attached to an aromatic ring is 1. The van der Waals surface area contributed by atoms with Crippen molar-refractivity contribution in [1.29, 1.82) is 0 Å². The molecule has 0 aliphatic heterocycles. The van der Waals surface area contributed by atoms with E-state index in [4.69, 9.17) is 5.73 Å². The molecule has 0 spiro atoms. The number of nitrogens with two attached hydrogens (primary N) is 1. The van der Waals surface area contributed by atoms with Crippen LogP contribution in [0.25, 0.3) is 0 Å². The lowest BCUT2D eigenvalue weighted by atomic mass is 10.0. The number of unbranched alkanes of at least 4 members (excludes halogenated alkanes) is 16. The lowest BCUT2D eigenvalue weighted by Crippen LogP contribution is -2.20. The van der Waals surface area contributed by atoms with E-state index in [1.807, 2.05) is 0 Å². The van der Waals surface area contributed by atoms with Crippen molar-refractivity contribution in [3.63, 3.8) is 0 Å². The molecule has 0 aliphatic rings. The second kappa shape index (κ2) is 21.3. The maximum Gasteiger partial charge on any atom is 0.275 e. The largest absolute Gasteiger partial charge is 0.507 e. The molecule has 0 heterocycles. The number of hydrazone groups is 1. The Kier molecular flexibility index (Phi) is 18.8. The molecule has 0 aromatic heterocycles. The highest BCUT2D eigenvalue weighted by atomic mass is 16.3. The van der Waals surface area contributed by atoms with E-state index in [0.717, 1.165) is 31.4 Å². The molecule has 5 nitrogen and oxygen atoms in total. The van der Waals surface area contributed by atoms with Crippen molar-refractivity contribution < 1.29 is 9.90 Å². The van der Waals surface area contributed by atoms with Crippen LogP contribution >= 0.6 is 0 Å². The Hall–Kier alpha value is -2.04. The number of anilines is 1. The summed E-state index contributed by atoms with van der Waals surface area (Å²) < 4.78 is 0. The molecule has 0 fully saturated rings. The number of rotatable bonds is 22. The standard InChI is InChI=1S/C30H53N3O2/c1-3-5-7-9-11-13-15-17-19-21-27(22-20-18-16-14-12-10-8-6-4-2)32-33-30(35)28-24-23-26(31)25-29(28)34/h23-25,34H,3-22,31H2,1-2H3,(H,33,35). The first-order valence-corrected chi connectivity index (χ1v) is 14.5. The van der Waals surface area contributed by atoms with Crippen LogP contribution in [0.2, 0.25) is 0 Å². The summed E-state index contributed by atoms with van der Waals surface area (Å²) in [6.07, 6.45) is 25.2. The smallest absolute Gasteiger partial charge is 0.275 e. The fourth-order valence-corrected chi connectivity index (χ4v) is 4.45. The van der Waals surface area contributed by atoms with Crippen molar-refractivity contribution in [2.75, 3.05) is 5.73 Å². The van der Waals surface area contributed by atoms with E-state index in [9.17, 15) is 9.90 Å². The SMILES string of the molecule is CCCCCCCCCCCC(CCCCCCCCCCC)=NNC(=O)c1ccc(N)cc1O. The molecule has 0 atom stereocenters. The van der Waals surface area contributed by atoms with Crippen LogP contribution in [0.4, 0.5) is 5.69 Å². The number of nitrogens with zero attached hydrogens (tertiary/aromatic N) is 1. The van der Waals surface area contributed by atoms with Gasteiger partial charge >= 0.3 is 0 Å². The average Bonchev–Trinajstić information content (AvgIpc) is 2.84. The first-order valence-electron chi connectivity index (χ1n) is 14.5. The molecule has 5 heteroatoms. The number of benzene rings is 1. The molecule has 4 N–H and O–H groups in total. The van der Waals surface area contributed by atoms with Crippen LogP contribution in [-0.2, 0) is 0 Å². The Labute approximate surface area is 215 Å². The van der Waals surface area contributed by atoms with Crippen molar-refractivity contribution in [2.24, 2.45) is 5.10 Å². The van der Waals surface area contributed by atoms with Crippen LogP contribution in [0.15, 0.2) is 23.3 Å². The molecule has 1 aromatic carbocycles. The van der Waals surface area contributed by atoms with Gasteiger partial charge in [-0.1, -0.05) is 117 Å². The number of phenols is 1. The summed E-state index contributed by atoms with van der Waals surface area (Å²) in [4.78, 5) is 12.5. The van der Waals surface area contributed by atoms with Crippen LogP contribution in [0.3, 0.4) is 0 Å². The van der Waals surface area contributed by atoms with Gasteiger partial charge in [-0.25, -0.2) is 5.43 Å². The zero-order valence-electron chi connectivity index (χ0n) is 22.8. The summed E-state index contributed by atoms with van der Waals surface area (Å²) >= 11 is 0. The summed E-state index contributed by atoms with van der Waals surface area (Å²) in [7, 11) is 0. The Balaban J connectivity index is 2.41. The van der Waals surface area contributed by atoms with E-state index in [2.05, 4.69) is 24.4 Å². The second-order valence-electron chi connectivity index (χ2n) is 10.1. The van der Waals surface area contributed by atoms with E-state index < -0.39 is 0 Å². The van der Waals surface area contributed by atoms with Gasteiger partial charge in [-0.05, 0) is 37.8 Å². The number of nitrogens with one attached hydrogen (secondary N) is 1. The lowest BCUT2D eigenvalue weighted by Gasteiger charge is -2.09. The first-order chi connectivity index (χ1) is 17.1. The van der Waals surface area contributed by atoms with E-state index in [1.54, 1.807) is 6.07 Å². The molecule has 35 heavy (non-hydrogen) atoms. The fraction of sp³-hybridized carbons (Fsp3) is 0.733. The molecule has 1 amide bonds. The molecule has 200 valence electrons. The number of amides is 1. The zero-order valence-corrected chi connectivity index (χ0v) is 22.8. The van der Waals surface area contributed by atoms with Gasteiger partial charge in [0.05, 0.1) is 5.56 Å². The van der Waals surface area contributed by atoms with E-state index in [0.29, 0.717) is 5.69 Å². The quantitative estimate of drug-likeness (QED) is 0.0660. The maximum atomic E-state index is 12.5. The van der Waals surface area contributed by atoms with Crippen molar-refractivity contribution in [3.05, 3.63) is 23.8 Å². The van der Waals surface area contributed by atoms with Gasteiger partial charge in [-0.15, -0.1) is 0 Å². The van der Waals surface area contributed by atoms with Crippen LogP contribution in [-0.4, -0.2) is 16.7 Å². The van der Waals surface area contributed by atoms with Gasteiger partial charge in [-0.2, -0.15) is 5.10 Å². The first kappa shape index (κ1) is 31.0. The Morgan fingerprint density at radius 1 is 0.743 bits per heavy atom. The highest BCUT2D eigenvalue weighted by Gasteiger charge is 2.11. The number of carbonyl (C=O) groups is 1. The molecular formula is C30H53N3O2. The van der Waals surface area contributed by atoms with Gasteiger partial charge in [0.2, 0.25) is 0 Å². The number of aromatic hydroxyl groups is 1. The maximum absolute atomic E-state index is 12.5. The zero-order chi connectivity index (χ0) is 25.6. The summed E-state index contributed by atoms with van der Waals surface area (Å²) in [6.45, 7) is 4.52. The highest BCUT2D eigenvalue weighted by Crippen LogP contribution is 2.20. The average molecular weight is 488 g/mol. The number of hydrogen-bond acceptors (Lipinski definition) is 4. The minimum Gasteiger partial charge on any atom is -0.507 e. The summed E-state index contributed by atoms with van der Waals surface area (Å²) in [5.74, 6) is -0.503. The van der Waals surface area contributed by atoms with Gasteiger partial charge in [0.1, 0.15) is 5.75 Å². The molecule has 0 unspecified atom stereocenters. The van der Waals surface area contributed by atoms with Gasteiger partial charge in [0.15, 0.2) is 0 Å². The van der Waals surface area contributed by atoms with Crippen molar-refractivity contribution in [1.82, 2.24) is 5.43 Å². The molecule has 0 saturated heterocycles. The Morgan fingerprint density at radius 2 is 1.17 bits per heavy atom. The highest BCUT2D eigenvalue weighted by molar-refractivity contribution is 5.98. The van der Waals surface area contributed by atoms with Gasteiger partial charge in [0.25, 0.3) is 5.91 Å². The van der Waals surface area contributed by atoms with E-state index in [1.165, 1.54) is 115 Å². The molecule has 1 rings (SSSR count). The van der Waals surface area contributed by atoms with Crippen molar-refractivity contribution in [3.8, 4) is 5.75 Å². The molecule has 0 aliphatic carbocycles. The normalized spacial score (nSPS) is 10.9. The fourth-order valence-electron chi connectivity index (χ4n) is 4.45. The monoisotopic (exact) mass is 487 g/mol. The minimum absolute atomic E-state index is 0.114. The predicted molar refractivity (Wildman–Crippen MR) is 151 cm³/mol. The third-order valence-electron chi connectivity index (χ3n) is 6.72. The summed E-state index contributed by atoms with van der Waals surface area (Å²) in [6, 6.07) is 4.55. The summed E-state index contributed by atoms with van der Waals surface area (Å²) in [5, 5.41) is 14.5. The topological polar surface area (TPSA) is 87.7 Å². The molecule has 1 aromatic rings. The van der Waals surface area contributed by atoms with Crippen molar-refractivity contribution in [2.45, 2.75) is 142 Å². The minimum atomic E-state index is -0.390. The number of phenolic OH excluding ortho intramolecular Hbond substituents is 1. The molecular weight excluding hydrogens is 434 g/mol. The van der Waals surface area contributed by atoms with Crippen LogP contribution < -0.4 is 11.2 Å². The van der Waals surface area contributed by atoms with Gasteiger partial charge in [-0.3, -0.25) is 4.79 Å². The lowest BCUT2D eigenvalue weighted by molar-refractivity contribution is 0.0952. The van der Waals surface area contributed by atoms with Crippen LogP contribution in [0, 0.1) is 0 Å². The van der Waals surface area contributed by atoms with Gasteiger partial charge < -0.3 is 10.8 Å². The van der Waals surface area contributed by atoms with Crippen LogP contribution in [0.1, 0.15) is 153 Å². The predicted octanol–water partition coefficient (Wildman–Crippen LogP) is 8.90. The number of carbonyl (C=O) groups excluding carboxylic acids is 1. The van der Waals surface area contributed by atoms with E-state index in [-0.39, 0.29) is 17.2 Å².